The number of alkyl halides is 3. The second-order valence-electron chi connectivity index (χ2n) is 8.48. The van der Waals surface area contributed by atoms with Gasteiger partial charge in [-0.15, -0.1) is 0 Å². The molecule has 0 spiro atoms. The Kier molecular flexibility index (Phi) is 5.81. The Morgan fingerprint density at radius 2 is 1.79 bits per heavy atom. The second kappa shape index (κ2) is 8.79. The molecule has 34 heavy (non-hydrogen) atoms. The van der Waals surface area contributed by atoms with Crippen LogP contribution in [-0.4, -0.2) is 32.9 Å². The van der Waals surface area contributed by atoms with E-state index in [1.54, 1.807) is 24.5 Å². The number of nitrogens with zero attached hydrogens (tertiary/aromatic N) is 2. The molecule has 0 radical (unpaired) electrons. The normalized spacial score (nSPS) is 18.8. The summed E-state index contributed by atoms with van der Waals surface area (Å²) in [6.07, 6.45) is 1.60. The number of carbonyl (C=O) groups excluding carboxylic acids is 1. The van der Waals surface area contributed by atoms with Crippen molar-refractivity contribution < 1.29 is 18.0 Å². The molecule has 1 aliphatic carbocycles. The van der Waals surface area contributed by atoms with Crippen molar-refractivity contribution >= 4 is 45.1 Å². The van der Waals surface area contributed by atoms with Crippen molar-refractivity contribution in [3.05, 3.63) is 65.1 Å². The second-order valence-corrected chi connectivity index (χ2v) is 8.92. The number of H-pyrrole nitrogens is 1. The maximum absolute atomic E-state index is 13.4. The van der Waals surface area contributed by atoms with Gasteiger partial charge in [0, 0.05) is 46.0 Å². The maximum Gasteiger partial charge on any atom is 0.433 e. The number of nitrogens with one attached hydrogen (secondary N) is 3. The quantitative estimate of drug-likeness (QED) is 0.333. The summed E-state index contributed by atoms with van der Waals surface area (Å²) in [5.41, 5.74) is 0.865. The molecule has 1 aliphatic rings. The molecular formula is C24H21ClF3N5O. The number of carbonyl (C=O) groups is 1. The van der Waals surface area contributed by atoms with Crippen LogP contribution in [0, 0.1) is 0 Å². The minimum Gasteiger partial charge on any atom is -0.382 e. The zero-order valence-electron chi connectivity index (χ0n) is 17.9. The summed E-state index contributed by atoms with van der Waals surface area (Å²) in [6, 6.07) is 9.14. The molecule has 1 saturated carbocycles. The fraction of sp³-hybridized carbons (Fsp3) is 0.292. The van der Waals surface area contributed by atoms with Crippen LogP contribution in [0.4, 0.5) is 18.9 Å². The van der Waals surface area contributed by atoms with Gasteiger partial charge < -0.3 is 15.6 Å². The molecule has 0 unspecified atom stereocenters. The summed E-state index contributed by atoms with van der Waals surface area (Å²) in [6.45, 7) is 0. The lowest BCUT2D eigenvalue weighted by molar-refractivity contribution is -0.140. The summed E-state index contributed by atoms with van der Waals surface area (Å²) < 4.78 is 40.1. The number of anilines is 1. The lowest BCUT2D eigenvalue weighted by Crippen LogP contribution is -2.40. The Morgan fingerprint density at radius 1 is 1.03 bits per heavy atom. The van der Waals surface area contributed by atoms with Crippen LogP contribution in [0.1, 0.15) is 41.7 Å². The van der Waals surface area contributed by atoms with Crippen LogP contribution in [0.15, 0.2) is 48.8 Å². The van der Waals surface area contributed by atoms with Crippen molar-refractivity contribution in [1.29, 1.82) is 0 Å². The number of aromatic amines is 1. The van der Waals surface area contributed by atoms with E-state index in [1.165, 1.54) is 12.1 Å². The molecule has 1 fully saturated rings. The standard InChI is InChI=1S/C24H21ClF3N5O/c25-13-1-6-19-18(11-13)20(12-21(33-19)24(26,27)28)31-14-2-4-15(5-3-14)32-23(34)17-8-10-30-22-16(17)7-9-29-22/h1,6-12,14-15H,2-5H2,(H,29,30)(H,31,33)(H,32,34). The van der Waals surface area contributed by atoms with Crippen molar-refractivity contribution in [2.24, 2.45) is 0 Å². The largest absolute Gasteiger partial charge is 0.433 e. The molecular weight excluding hydrogens is 467 g/mol. The molecule has 0 saturated heterocycles. The Labute approximate surface area is 197 Å². The van der Waals surface area contributed by atoms with E-state index < -0.39 is 11.9 Å². The topological polar surface area (TPSA) is 82.7 Å². The highest BCUT2D eigenvalue weighted by Gasteiger charge is 2.34. The molecule has 176 valence electrons. The smallest absolute Gasteiger partial charge is 0.382 e. The van der Waals surface area contributed by atoms with E-state index in [2.05, 4.69) is 25.6 Å². The van der Waals surface area contributed by atoms with Crippen molar-refractivity contribution in [3.8, 4) is 0 Å². The van der Waals surface area contributed by atoms with E-state index in [1.807, 2.05) is 6.07 Å². The van der Waals surface area contributed by atoms with E-state index in [-0.39, 0.29) is 23.5 Å². The first-order valence-electron chi connectivity index (χ1n) is 10.9. The first-order valence-corrected chi connectivity index (χ1v) is 11.3. The number of aromatic nitrogens is 3. The molecule has 1 amide bonds. The number of benzene rings is 1. The molecule has 4 aromatic rings. The minimum absolute atomic E-state index is 0.0120. The summed E-state index contributed by atoms with van der Waals surface area (Å²) in [5, 5.41) is 8.08. The van der Waals surface area contributed by atoms with Gasteiger partial charge in [-0.3, -0.25) is 4.79 Å². The molecule has 1 aromatic carbocycles. The molecule has 10 heteroatoms. The van der Waals surface area contributed by atoms with Crippen molar-refractivity contribution in [1.82, 2.24) is 20.3 Å². The van der Waals surface area contributed by atoms with E-state index in [9.17, 15) is 18.0 Å². The number of amides is 1. The zero-order chi connectivity index (χ0) is 23.9. The molecule has 0 atom stereocenters. The molecule has 5 rings (SSSR count). The highest BCUT2D eigenvalue weighted by Crippen LogP contribution is 2.35. The minimum atomic E-state index is -4.55. The van der Waals surface area contributed by atoms with Gasteiger partial charge in [0.05, 0.1) is 11.1 Å². The van der Waals surface area contributed by atoms with Crippen molar-refractivity contribution in [2.75, 3.05) is 5.32 Å². The van der Waals surface area contributed by atoms with Gasteiger partial charge in [0.25, 0.3) is 5.91 Å². The van der Waals surface area contributed by atoms with Crippen LogP contribution in [0.5, 0.6) is 0 Å². The van der Waals surface area contributed by atoms with Gasteiger partial charge in [-0.25, -0.2) is 9.97 Å². The fourth-order valence-corrected chi connectivity index (χ4v) is 4.66. The van der Waals surface area contributed by atoms with Crippen LogP contribution in [0.2, 0.25) is 5.02 Å². The van der Waals surface area contributed by atoms with Gasteiger partial charge in [0.1, 0.15) is 11.3 Å². The summed E-state index contributed by atoms with van der Waals surface area (Å²) in [7, 11) is 0. The van der Waals surface area contributed by atoms with Crippen LogP contribution in [-0.2, 0) is 6.18 Å². The fourth-order valence-electron chi connectivity index (χ4n) is 4.49. The van der Waals surface area contributed by atoms with Crippen LogP contribution in [0.25, 0.3) is 21.9 Å². The molecule has 6 nitrogen and oxygen atoms in total. The predicted octanol–water partition coefficient (Wildman–Crippen LogP) is 5.94. The number of halogens is 4. The third kappa shape index (κ3) is 4.52. The van der Waals surface area contributed by atoms with Gasteiger partial charge >= 0.3 is 6.18 Å². The SMILES string of the molecule is O=C(NC1CCC(Nc2cc(C(F)(F)F)nc3ccc(Cl)cc23)CC1)c1ccnc2[nH]ccc12. The average Bonchev–Trinajstić information content (AvgIpc) is 3.29. The average molecular weight is 488 g/mol. The highest BCUT2D eigenvalue weighted by atomic mass is 35.5. The molecule has 0 bridgehead atoms. The highest BCUT2D eigenvalue weighted by molar-refractivity contribution is 6.31. The Morgan fingerprint density at radius 3 is 2.56 bits per heavy atom. The lowest BCUT2D eigenvalue weighted by Gasteiger charge is -2.31. The molecule has 0 aliphatic heterocycles. The lowest BCUT2D eigenvalue weighted by atomic mass is 9.90. The monoisotopic (exact) mass is 487 g/mol. The van der Waals surface area contributed by atoms with Gasteiger partial charge in [-0.05, 0) is 62.1 Å². The van der Waals surface area contributed by atoms with E-state index in [4.69, 9.17) is 11.6 Å². The third-order valence-corrected chi connectivity index (χ3v) is 6.42. The predicted molar refractivity (Wildman–Crippen MR) is 125 cm³/mol. The van der Waals surface area contributed by atoms with Crippen LogP contribution in [0.3, 0.4) is 0 Å². The molecule has 3 heterocycles. The Hall–Kier alpha value is -3.33. The number of fused-ring (bicyclic) bond motifs is 2. The first-order chi connectivity index (χ1) is 16.3. The van der Waals surface area contributed by atoms with Crippen LogP contribution < -0.4 is 10.6 Å². The maximum atomic E-state index is 13.4. The van der Waals surface area contributed by atoms with Crippen LogP contribution >= 0.6 is 11.6 Å². The zero-order valence-corrected chi connectivity index (χ0v) is 18.7. The van der Waals surface area contributed by atoms with Crippen molar-refractivity contribution in [3.63, 3.8) is 0 Å². The molecule has 3 aromatic heterocycles. The van der Waals surface area contributed by atoms with Crippen molar-refractivity contribution in [2.45, 2.75) is 43.9 Å². The molecule has 3 N–H and O–H groups in total. The van der Waals surface area contributed by atoms with E-state index in [0.29, 0.717) is 53.0 Å². The van der Waals surface area contributed by atoms with Gasteiger partial charge in [0.2, 0.25) is 0 Å². The van der Waals surface area contributed by atoms with E-state index in [0.717, 1.165) is 11.5 Å². The number of rotatable bonds is 4. The van der Waals surface area contributed by atoms with Gasteiger partial charge in [-0.1, -0.05) is 11.6 Å². The first kappa shape index (κ1) is 22.5. The third-order valence-electron chi connectivity index (χ3n) is 6.19. The number of hydrogen-bond donors (Lipinski definition) is 3. The summed E-state index contributed by atoms with van der Waals surface area (Å²) >= 11 is 6.09. The van der Waals surface area contributed by atoms with E-state index >= 15 is 0 Å². The van der Waals surface area contributed by atoms with Gasteiger partial charge in [-0.2, -0.15) is 13.2 Å². The number of hydrogen-bond acceptors (Lipinski definition) is 4. The Balaban J connectivity index is 1.28. The Bertz CT molecular complexity index is 1360. The summed E-state index contributed by atoms with van der Waals surface area (Å²) in [4.78, 5) is 23.8. The van der Waals surface area contributed by atoms with Gasteiger partial charge in [0.15, 0.2) is 0 Å². The number of pyridine rings is 2. The summed E-state index contributed by atoms with van der Waals surface area (Å²) in [5.74, 6) is -0.159.